The number of nitrogen functional groups attached to an aromatic ring is 1. The van der Waals surface area contributed by atoms with E-state index in [2.05, 4.69) is 4.72 Å². The minimum Gasteiger partial charge on any atom is -0.497 e. The lowest BCUT2D eigenvalue weighted by molar-refractivity contribution is 0.414. The molecule has 0 aliphatic rings. The largest absolute Gasteiger partial charge is 0.497 e. The van der Waals surface area contributed by atoms with E-state index >= 15 is 0 Å². The van der Waals surface area contributed by atoms with Crippen LogP contribution in [0.5, 0.6) is 5.75 Å². The molecule has 112 valence electrons. The van der Waals surface area contributed by atoms with Gasteiger partial charge in [-0.05, 0) is 29.8 Å². The predicted molar refractivity (Wildman–Crippen MR) is 82.9 cm³/mol. The number of methoxy groups -OCH3 is 1. The molecule has 2 aromatic rings. The summed E-state index contributed by atoms with van der Waals surface area (Å²) in [5, 5.41) is 0.0909. The predicted octanol–water partition coefficient (Wildman–Crippen LogP) is 2.41. The van der Waals surface area contributed by atoms with Crippen LogP contribution in [0.2, 0.25) is 5.02 Å². The van der Waals surface area contributed by atoms with E-state index in [0.29, 0.717) is 5.75 Å². The molecular formula is C14H15ClN2O3S. The first kappa shape index (κ1) is 15.6. The summed E-state index contributed by atoms with van der Waals surface area (Å²) in [7, 11) is -2.24. The van der Waals surface area contributed by atoms with E-state index < -0.39 is 10.0 Å². The van der Waals surface area contributed by atoms with Crippen molar-refractivity contribution in [3.63, 3.8) is 0 Å². The molecule has 0 radical (unpaired) electrons. The number of nitrogens with one attached hydrogen (secondary N) is 1. The number of hydrogen-bond acceptors (Lipinski definition) is 4. The number of rotatable bonds is 5. The maximum absolute atomic E-state index is 12.3. The summed E-state index contributed by atoms with van der Waals surface area (Å²) in [6.07, 6.45) is 0. The van der Waals surface area contributed by atoms with E-state index in [9.17, 15) is 8.42 Å². The van der Waals surface area contributed by atoms with Gasteiger partial charge in [-0.1, -0.05) is 29.8 Å². The standard InChI is InChI=1S/C14H15ClN2O3S/c1-20-11-5-2-4-10(8-11)9-17-21(18,19)14-12(15)6-3-7-13(14)16/h2-8,17H,9,16H2,1H3. The van der Waals surface area contributed by atoms with Gasteiger partial charge in [0.2, 0.25) is 10.0 Å². The topological polar surface area (TPSA) is 81.4 Å². The third-order valence-corrected chi connectivity index (χ3v) is 4.81. The molecule has 0 saturated heterocycles. The number of anilines is 1. The first-order valence-corrected chi connectivity index (χ1v) is 7.97. The zero-order valence-electron chi connectivity index (χ0n) is 11.3. The van der Waals surface area contributed by atoms with Crippen LogP contribution in [0.3, 0.4) is 0 Å². The van der Waals surface area contributed by atoms with Gasteiger partial charge in [-0.25, -0.2) is 13.1 Å². The average Bonchev–Trinajstić information content (AvgIpc) is 2.45. The summed E-state index contributed by atoms with van der Waals surface area (Å²) >= 11 is 5.92. The molecule has 0 heterocycles. The molecule has 0 unspecified atom stereocenters. The zero-order chi connectivity index (χ0) is 15.5. The normalized spacial score (nSPS) is 11.3. The lowest BCUT2D eigenvalue weighted by atomic mass is 10.2. The second kappa shape index (κ2) is 6.34. The Morgan fingerprint density at radius 1 is 1.24 bits per heavy atom. The third-order valence-electron chi connectivity index (χ3n) is 2.87. The molecule has 21 heavy (non-hydrogen) atoms. The molecule has 2 rings (SSSR count). The third kappa shape index (κ3) is 3.66. The van der Waals surface area contributed by atoms with E-state index in [1.807, 2.05) is 0 Å². The van der Waals surface area contributed by atoms with Crippen LogP contribution in [0.25, 0.3) is 0 Å². The van der Waals surface area contributed by atoms with Crippen molar-refractivity contribution in [2.75, 3.05) is 12.8 Å². The van der Waals surface area contributed by atoms with Gasteiger partial charge in [0.1, 0.15) is 10.6 Å². The molecule has 0 saturated carbocycles. The van der Waals surface area contributed by atoms with Gasteiger partial charge >= 0.3 is 0 Å². The Bertz CT molecular complexity index is 727. The number of hydrogen-bond donors (Lipinski definition) is 2. The molecule has 0 atom stereocenters. The van der Waals surface area contributed by atoms with Crippen molar-refractivity contribution < 1.29 is 13.2 Å². The quantitative estimate of drug-likeness (QED) is 0.827. The fraction of sp³-hybridized carbons (Fsp3) is 0.143. The molecule has 7 heteroatoms. The Kier molecular flexibility index (Phi) is 4.72. The summed E-state index contributed by atoms with van der Waals surface area (Å²) in [6.45, 7) is 0.115. The maximum atomic E-state index is 12.3. The van der Waals surface area contributed by atoms with Crippen molar-refractivity contribution >= 4 is 27.3 Å². The Balaban J connectivity index is 2.22. The fourth-order valence-corrected chi connectivity index (χ4v) is 3.53. The Morgan fingerprint density at radius 3 is 2.62 bits per heavy atom. The highest BCUT2D eigenvalue weighted by Crippen LogP contribution is 2.27. The second-order valence-electron chi connectivity index (χ2n) is 4.33. The van der Waals surface area contributed by atoms with Gasteiger partial charge in [-0.2, -0.15) is 0 Å². The smallest absolute Gasteiger partial charge is 0.244 e. The molecule has 5 nitrogen and oxygen atoms in total. The molecule has 0 aromatic heterocycles. The molecule has 0 bridgehead atoms. The zero-order valence-corrected chi connectivity index (χ0v) is 12.9. The minimum absolute atomic E-state index is 0.0909. The Morgan fingerprint density at radius 2 is 1.95 bits per heavy atom. The van der Waals surface area contributed by atoms with E-state index in [1.54, 1.807) is 37.4 Å². The van der Waals surface area contributed by atoms with Crippen molar-refractivity contribution in [1.29, 1.82) is 0 Å². The molecule has 2 aromatic carbocycles. The van der Waals surface area contributed by atoms with Crippen molar-refractivity contribution in [2.24, 2.45) is 0 Å². The van der Waals surface area contributed by atoms with Gasteiger partial charge in [0, 0.05) is 6.54 Å². The van der Waals surface area contributed by atoms with Crippen LogP contribution in [0, 0.1) is 0 Å². The molecule has 0 fully saturated rings. The summed E-state index contributed by atoms with van der Waals surface area (Å²) in [5.41, 5.74) is 6.58. The first-order valence-electron chi connectivity index (χ1n) is 6.10. The number of benzene rings is 2. The van der Waals surface area contributed by atoms with Gasteiger partial charge in [-0.15, -0.1) is 0 Å². The highest BCUT2D eigenvalue weighted by Gasteiger charge is 2.20. The molecule has 0 aliphatic carbocycles. The minimum atomic E-state index is -3.79. The monoisotopic (exact) mass is 326 g/mol. The molecule has 0 amide bonds. The van der Waals surface area contributed by atoms with E-state index in [-0.39, 0.29) is 22.2 Å². The Labute approximate surface area is 128 Å². The SMILES string of the molecule is COc1cccc(CNS(=O)(=O)c2c(N)cccc2Cl)c1. The maximum Gasteiger partial charge on any atom is 0.244 e. The van der Waals surface area contributed by atoms with Crippen LogP contribution in [0.4, 0.5) is 5.69 Å². The van der Waals surface area contributed by atoms with Crippen LogP contribution in [-0.2, 0) is 16.6 Å². The number of ether oxygens (including phenoxy) is 1. The lowest BCUT2D eigenvalue weighted by Gasteiger charge is -2.11. The van der Waals surface area contributed by atoms with Gasteiger partial charge < -0.3 is 10.5 Å². The number of halogens is 1. The average molecular weight is 327 g/mol. The summed E-state index contributed by atoms with van der Waals surface area (Å²) < 4.78 is 32.2. The van der Waals surface area contributed by atoms with E-state index in [4.69, 9.17) is 22.1 Å². The molecule has 3 N–H and O–H groups in total. The van der Waals surface area contributed by atoms with Crippen LogP contribution in [-0.4, -0.2) is 15.5 Å². The van der Waals surface area contributed by atoms with Crippen LogP contribution in [0.1, 0.15) is 5.56 Å². The van der Waals surface area contributed by atoms with Crippen LogP contribution < -0.4 is 15.2 Å². The van der Waals surface area contributed by atoms with Crippen molar-refractivity contribution in [3.05, 3.63) is 53.1 Å². The van der Waals surface area contributed by atoms with Gasteiger partial charge in [0.05, 0.1) is 17.8 Å². The summed E-state index contributed by atoms with van der Waals surface area (Å²) in [6, 6.07) is 11.7. The Hall–Kier alpha value is -1.76. The number of sulfonamides is 1. The first-order chi connectivity index (χ1) is 9.94. The van der Waals surface area contributed by atoms with Crippen molar-refractivity contribution in [1.82, 2.24) is 4.72 Å². The van der Waals surface area contributed by atoms with E-state index in [0.717, 1.165) is 5.56 Å². The summed E-state index contributed by atoms with van der Waals surface area (Å²) in [5.74, 6) is 0.656. The highest BCUT2D eigenvalue weighted by atomic mass is 35.5. The van der Waals surface area contributed by atoms with Crippen LogP contribution >= 0.6 is 11.6 Å². The molecular weight excluding hydrogens is 312 g/mol. The lowest BCUT2D eigenvalue weighted by Crippen LogP contribution is -2.24. The fourth-order valence-electron chi connectivity index (χ4n) is 1.84. The van der Waals surface area contributed by atoms with E-state index in [1.165, 1.54) is 12.1 Å². The number of nitrogens with two attached hydrogens (primary N) is 1. The van der Waals surface area contributed by atoms with Gasteiger partial charge in [0.25, 0.3) is 0 Å². The highest BCUT2D eigenvalue weighted by molar-refractivity contribution is 7.89. The second-order valence-corrected chi connectivity index (χ2v) is 6.45. The van der Waals surface area contributed by atoms with Crippen LogP contribution in [0.15, 0.2) is 47.4 Å². The molecule has 0 spiro atoms. The molecule has 0 aliphatic heterocycles. The summed E-state index contributed by atoms with van der Waals surface area (Å²) in [4.78, 5) is -0.102. The van der Waals surface area contributed by atoms with Crippen molar-refractivity contribution in [2.45, 2.75) is 11.4 Å². The van der Waals surface area contributed by atoms with Crippen molar-refractivity contribution in [3.8, 4) is 5.75 Å². The van der Waals surface area contributed by atoms with Gasteiger partial charge in [0.15, 0.2) is 0 Å². The van der Waals surface area contributed by atoms with Gasteiger partial charge in [-0.3, -0.25) is 0 Å².